The number of sulfonamides is 1. The average molecular weight is 724 g/mol. The molecule has 2 amide bonds. The van der Waals surface area contributed by atoms with Gasteiger partial charge in [-0.25, -0.2) is 8.42 Å². The number of rotatable bonds is 14. The van der Waals surface area contributed by atoms with Gasteiger partial charge in [0.05, 0.1) is 10.6 Å². The molecular weight excluding hydrogens is 685 g/mol. The number of carbonyl (C=O) groups excluding carboxylic acids is 2. The lowest BCUT2D eigenvalue weighted by molar-refractivity contribution is -0.140. The molecule has 4 aromatic rings. The average Bonchev–Trinajstić information content (AvgIpc) is 3.03. The van der Waals surface area contributed by atoms with Gasteiger partial charge in [-0.15, -0.1) is 0 Å². The van der Waals surface area contributed by atoms with Crippen molar-refractivity contribution in [2.24, 2.45) is 0 Å². The van der Waals surface area contributed by atoms with E-state index in [0.29, 0.717) is 12.2 Å². The molecule has 4 aromatic carbocycles. The van der Waals surface area contributed by atoms with E-state index in [0.717, 1.165) is 37.4 Å². The number of carbonyl (C=O) groups is 2. The Bertz CT molecular complexity index is 1630. The predicted octanol–water partition coefficient (Wildman–Crippen LogP) is 6.35. The fraction of sp³-hybridized carbons (Fsp3) is 0.257. The number of amides is 2. The zero-order valence-electron chi connectivity index (χ0n) is 25.0. The molecule has 0 aliphatic heterocycles. The highest BCUT2D eigenvalue weighted by atomic mass is 127. The summed E-state index contributed by atoms with van der Waals surface area (Å²) in [4.78, 5) is 29.9. The van der Waals surface area contributed by atoms with E-state index in [1.165, 1.54) is 17.0 Å². The summed E-state index contributed by atoms with van der Waals surface area (Å²) in [7, 11) is -4.12. The van der Waals surface area contributed by atoms with Gasteiger partial charge in [-0.2, -0.15) is 0 Å². The molecule has 44 heavy (non-hydrogen) atoms. The molecule has 9 heteroatoms. The van der Waals surface area contributed by atoms with E-state index in [-0.39, 0.29) is 23.8 Å². The second-order valence-electron chi connectivity index (χ2n) is 10.6. The fourth-order valence-corrected chi connectivity index (χ4v) is 6.68. The summed E-state index contributed by atoms with van der Waals surface area (Å²) in [6.07, 6.45) is 2.01. The van der Waals surface area contributed by atoms with Crippen LogP contribution in [0.2, 0.25) is 0 Å². The van der Waals surface area contributed by atoms with Crippen LogP contribution in [0.15, 0.2) is 114 Å². The molecule has 1 N–H and O–H groups in total. The van der Waals surface area contributed by atoms with E-state index in [2.05, 4.69) is 27.9 Å². The maximum atomic E-state index is 14.5. The zero-order chi connectivity index (χ0) is 31.5. The summed E-state index contributed by atoms with van der Waals surface area (Å²) < 4.78 is 30.1. The molecular formula is C35H38IN3O4S. The Morgan fingerprint density at radius 3 is 2.09 bits per heavy atom. The van der Waals surface area contributed by atoms with Gasteiger partial charge in [0.25, 0.3) is 10.0 Å². The van der Waals surface area contributed by atoms with Gasteiger partial charge in [-0.3, -0.25) is 13.9 Å². The third kappa shape index (κ3) is 8.69. The van der Waals surface area contributed by atoms with Gasteiger partial charge < -0.3 is 10.2 Å². The maximum absolute atomic E-state index is 14.5. The van der Waals surface area contributed by atoms with E-state index < -0.39 is 28.5 Å². The van der Waals surface area contributed by atoms with Crippen LogP contribution in [0.3, 0.4) is 0 Å². The first kappa shape index (κ1) is 33.2. The first-order chi connectivity index (χ1) is 21.2. The number of nitrogens with one attached hydrogen (secondary N) is 1. The maximum Gasteiger partial charge on any atom is 0.264 e. The van der Waals surface area contributed by atoms with Gasteiger partial charge in [0.15, 0.2) is 0 Å². The first-order valence-corrected chi connectivity index (χ1v) is 17.2. The molecule has 4 rings (SSSR count). The Hall–Kier alpha value is -3.70. The Labute approximate surface area is 274 Å². The SMILES string of the molecule is CCCCNC(=O)[C@@H](Cc1ccccc1)N(Cc1ccccc1C)C(=O)CN(c1ccc(I)cc1)S(=O)(=O)c1ccccc1. The first-order valence-electron chi connectivity index (χ1n) is 14.7. The molecule has 0 aromatic heterocycles. The lowest BCUT2D eigenvalue weighted by Gasteiger charge is -2.34. The van der Waals surface area contributed by atoms with Crippen LogP contribution >= 0.6 is 22.6 Å². The highest BCUT2D eigenvalue weighted by Crippen LogP contribution is 2.26. The summed E-state index contributed by atoms with van der Waals surface area (Å²) >= 11 is 2.16. The minimum atomic E-state index is -4.12. The van der Waals surface area contributed by atoms with Crippen molar-refractivity contribution in [2.45, 2.75) is 50.6 Å². The van der Waals surface area contributed by atoms with Crippen molar-refractivity contribution in [3.63, 3.8) is 0 Å². The Morgan fingerprint density at radius 1 is 0.841 bits per heavy atom. The van der Waals surface area contributed by atoms with Gasteiger partial charge in [0.1, 0.15) is 12.6 Å². The number of anilines is 1. The van der Waals surface area contributed by atoms with Gasteiger partial charge >= 0.3 is 0 Å². The topological polar surface area (TPSA) is 86.8 Å². The van der Waals surface area contributed by atoms with Gasteiger partial charge in [0.2, 0.25) is 11.8 Å². The smallest absolute Gasteiger partial charge is 0.264 e. The van der Waals surface area contributed by atoms with Crippen molar-refractivity contribution in [1.82, 2.24) is 10.2 Å². The molecule has 0 saturated carbocycles. The monoisotopic (exact) mass is 723 g/mol. The highest BCUT2D eigenvalue weighted by Gasteiger charge is 2.34. The minimum Gasteiger partial charge on any atom is -0.354 e. The number of unbranched alkanes of at least 4 members (excludes halogenated alkanes) is 1. The second kappa shape index (κ2) is 15.9. The van der Waals surface area contributed by atoms with Gasteiger partial charge in [-0.1, -0.05) is 86.1 Å². The molecule has 7 nitrogen and oxygen atoms in total. The Morgan fingerprint density at radius 2 is 1.45 bits per heavy atom. The van der Waals surface area contributed by atoms with Crippen molar-refractivity contribution in [3.8, 4) is 0 Å². The lowest BCUT2D eigenvalue weighted by Crippen LogP contribution is -2.53. The van der Waals surface area contributed by atoms with Crippen LogP contribution in [0.5, 0.6) is 0 Å². The molecule has 0 radical (unpaired) electrons. The standard InChI is InChI=1S/C35H38IN3O4S/c1-3-4-23-37-35(41)33(24-28-14-7-5-8-15-28)38(25-29-16-12-11-13-27(29)2)34(40)26-39(31-21-19-30(36)20-22-31)44(42,43)32-17-9-6-10-18-32/h5-22,33H,3-4,23-26H2,1-2H3,(H,37,41)/t33-/m1/s1. The van der Waals surface area contributed by atoms with Crippen molar-refractivity contribution in [1.29, 1.82) is 0 Å². The van der Waals surface area contributed by atoms with E-state index in [1.807, 2.05) is 68.4 Å². The van der Waals surface area contributed by atoms with Crippen LogP contribution in [-0.4, -0.2) is 44.3 Å². The fourth-order valence-electron chi connectivity index (χ4n) is 4.89. The third-order valence-corrected chi connectivity index (χ3v) is 9.93. The molecule has 1 atom stereocenters. The molecule has 0 heterocycles. The van der Waals surface area contributed by atoms with Crippen LogP contribution in [0, 0.1) is 10.5 Å². The number of hydrogen-bond acceptors (Lipinski definition) is 4. The van der Waals surface area contributed by atoms with Crippen molar-refractivity contribution in [2.75, 3.05) is 17.4 Å². The molecule has 0 saturated heterocycles. The Balaban J connectivity index is 1.78. The third-order valence-electron chi connectivity index (χ3n) is 7.43. The quantitative estimate of drug-likeness (QED) is 0.121. The molecule has 0 fully saturated rings. The molecule has 0 bridgehead atoms. The summed E-state index contributed by atoms with van der Waals surface area (Å²) in [5.41, 5.74) is 3.12. The Kier molecular flexibility index (Phi) is 12.0. The second-order valence-corrected chi connectivity index (χ2v) is 13.7. The molecule has 0 aliphatic carbocycles. The van der Waals surface area contributed by atoms with E-state index in [9.17, 15) is 18.0 Å². The number of benzene rings is 4. The van der Waals surface area contributed by atoms with Crippen LogP contribution in [0.25, 0.3) is 0 Å². The molecule has 0 unspecified atom stereocenters. The minimum absolute atomic E-state index is 0.0787. The number of hydrogen-bond donors (Lipinski definition) is 1. The highest BCUT2D eigenvalue weighted by molar-refractivity contribution is 14.1. The number of aryl methyl sites for hydroxylation is 1. The van der Waals surface area contributed by atoms with Crippen LogP contribution in [-0.2, 0) is 32.6 Å². The summed E-state index contributed by atoms with van der Waals surface area (Å²) in [5.74, 6) is -0.742. The van der Waals surface area contributed by atoms with Crippen LogP contribution < -0.4 is 9.62 Å². The largest absolute Gasteiger partial charge is 0.354 e. The van der Waals surface area contributed by atoms with Crippen molar-refractivity contribution >= 4 is 50.1 Å². The van der Waals surface area contributed by atoms with E-state index in [4.69, 9.17) is 0 Å². The predicted molar refractivity (Wildman–Crippen MR) is 184 cm³/mol. The normalized spacial score (nSPS) is 11.9. The van der Waals surface area contributed by atoms with Gasteiger partial charge in [-0.05, 0) is 89.0 Å². The van der Waals surface area contributed by atoms with E-state index in [1.54, 1.807) is 42.5 Å². The van der Waals surface area contributed by atoms with Crippen LogP contribution in [0.1, 0.15) is 36.5 Å². The lowest BCUT2D eigenvalue weighted by atomic mass is 10.0. The molecule has 230 valence electrons. The number of nitrogens with zero attached hydrogens (tertiary/aromatic N) is 2. The van der Waals surface area contributed by atoms with Crippen LogP contribution in [0.4, 0.5) is 5.69 Å². The van der Waals surface area contributed by atoms with Crippen molar-refractivity contribution in [3.05, 3.63) is 129 Å². The van der Waals surface area contributed by atoms with Gasteiger partial charge in [0, 0.05) is 23.1 Å². The van der Waals surface area contributed by atoms with E-state index >= 15 is 0 Å². The molecule has 0 aliphatic rings. The summed E-state index contributed by atoms with van der Waals surface area (Å²) in [6, 6.07) is 31.5. The van der Waals surface area contributed by atoms with Crippen molar-refractivity contribution < 1.29 is 18.0 Å². The number of halogens is 1. The molecule has 0 spiro atoms. The summed E-state index contributed by atoms with van der Waals surface area (Å²) in [6.45, 7) is 4.18. The summed E-state index contributed by atoms with van der Waals surface area (Å²) in [5, 5.41) is 3.02. The zero-order valence-corrected chi connectivity index (χ0v) is 28.0.